The number of rotatable bonds is 3. The summed E-state index contributed by atoms with van der Waals surface area (Å²) >= 11 is 7.36. The number of morpholine rings is 1. The first-order chi connectivity index (χ1) is 12.1. The molecule has 3 heterocycles. The molecule has 1 amide bonds. The Morgan fingerprint density at radius 3 is 2.88 bits per heavy atom. The molecule has 2 saturated heterocycles. The summed E-state index contributed by atoms with van der Waals surface area (Å²) in [5, 5.41) is 3.89. The van der Waals surface area contributed by atoms with Gasteiger partial charge in [0.15, 0.2) is 0 Å². The summed E-state index contributed by atoms with van der Waals surface area (Å²) < 4.78 is 6.06. The van der Waals surface area contributed by atoms with Gasteiger partial charge in [-0.3, -0.25) is 9.69 Å². The first-order valence-electron chi connectivity index (χ1n) is 8.42. The van der Waals surface area contributed by atoms with Crippen molar-refractivity contribution in [2.75, 3.05) is 19.7 Å². The molecule has 132 valence electrons. The van der Waals surface area contributed by atoms with Crippen LogP contribution in [0.3, 0.4) is 0 Å². The molecule has 1 aromatic heterocycles. The maximum absolute atomic E-state index is 12.4. The van der Waals surface area contributed by atoms with Crippen molar-refractivity contribution in [3.63, 3.8) is 0 Å². The second-order valence-electron chi connectivity index (χ2n) is 6.65. The lowest BCUT2D eigenvalue weighted by atomic mass is 10.1. The fourth-order valence-corrected chi connectivity index (χ4v) is 4.46. The number of carbonyl (C=O) groups excluding carboxylic acids is 1. The summed E-state index contributed by atoms with van der Waals surface area (Å²) in [5.41, 5.74) is 3.66. The highest BCUT2D eigenvalue weighted by atomic mass is 35.5. The van der Waals surface area contributed by atoms with E-state index in [0.717, 1.165) is 35.8 Å². The van der Waals surface area contributed by atoms with E-state index in [0.29, 0.717) is 17.5 Å². The molecule has 1 aromatic carbocycles. The van der Waals surface area contributed by atoms with Gasteiger partial charge in [0.2, 0.25) is 0 Å². The Kier molecular flexibility index (Phi) is 4.78. The summed E-state index contributed by atoms with van der Waals surface area (Å²) in [7, 11) is 0. The number of amides is 1. The van der Waals surface area contributed by atoms with Gasteiger partial charge in [-0.15, -0.1) is 11.3 Å². The Hall–Kier alpha value is -1.47. The molecular formula is C18H20ClN3O2S. The molecule has 0 aliphatic carbocycles. The second-order valence-corrected chi connectivity index (χ2v) is 7.95. The monoisotopic (exact) mass is 377 g/mol. The number of hydrogen-bond donors (Lipinski definition) is 1. The van der Waals surface area contributed by atoms with Crippen molar-refractivity contribution in [2.45, 2.75) is 31.5 Å². The lowest BCUT2D eigenvalue weighted by Crippen LogP contribution is -2.43. The molecule has 0 bridgehead atoms. The van der Waals surface area contributed by atoms with Gasteiger partial charge in [-0.05, 0) is 31.0 Å². The van der Waals surface area contributed by atoms with E-state index in [2.05, 4.69) is 15.2 Å². The number of nitrogens with zero attached hydrogens (tertiary/aromatic N) is 2. The molecule has 3 atom stereocenters. The third-order valence-electron chi connectivity index (χ3n) is 4.95. The minimum absolute atomic E-state index is 0.0139. The van der Waals surface area contributed by atoms with Crippen molar-refractivity contribution < 1.29 is 9.53 Å². The molecule has 1 N–H and O–H groups in total. The number of nitrogens with one attached hydrogen (secondary N) is 1. The lowest BCUT2D eigenvalue weighted by molar-refractivity contribution is -0.0502. The van der Waals surface area contributed by atoms with Gasteiger partial charge in [-0.1, -0.05) is 23.7 Å². The number of fused-ring (bicyclic) bond motifs is 1. The second kappa shape index (κ2) is 7.03. The third-order valence-corrected chi connectivity index (χ3v) is 6.13. The molecular weight excluding hydrogens is 358 g/mol. The number of carbonyl (C=O) groups is 1. The number of aromatic nitrogens is 1. The standard InChI is InChI=1S/C18H20ClN3O2S/c1-11-17(25-10-20-11)18(23)21-14-6-15-9-24-16(8-22(15)7-14)12-2-4-13(19)5-3-12/h2-5,10,14-16H,6-9H2,1H3,(H,21,23)/t14-,15-,16+/m0/s1. The first kappa shape index (κ1) is 17.0. The molecule has 2 fully saturated rings. The van der Waals surface area contributed by atoms with Crippen LogP contribution in [-0.2, 0) is 4.74 Å². The summed E-state index contributed by atoms with van der Waals surface area (Å²) in [5.74, 6) is -0.0139. The minimum Gasteiger partial charge on any atom is -0.371 e. The van der Waals surface area contributed by atoms with Crippen molar-refractivity contribution in [3.8, 4) is 0 Å². The zero-order valence-corrected chi connectivity index (χ0v) is 15.5. The van der Waals surface area contributed by atoms with E-state index in [1.165, 1.54) is 11.3 Å². The van der Waals surface area contributed by atoms with Crippen LogP contribution in [0.1, 0.15) is 33.5 Å². The molecule has 2 aromatic rings. The Balaban J connectivity index is 1.38. The molecule has 2 aliphatic rings. The maximum atomic E-state index is 12.4. The van der Waals surface area contributed by atoms with Gasteiger partial charge in [0.05, 0.1) is 23.9 Å². The molecule has 4 rings (SSSR count). The Bertz CT molecular complexity index is 764. The summed E-state index contributed by atoms with van der Waals surface area (Å²) in [6, 6.07) is 8.38. The average Bonchev–Trinajstić information content (AvgIpc) is 3.20. The Morgan fingerprint density at radius 1 is 1.36 bits per heavy atom. The quantitative estimate of drug-likeness (QED) is 0.893. The van der Waals surface area contributed by atoms with Gasteiger partial charge < -0.3 is 10.1 Å². The van der Waals surface area contributed by atoms with Gasteiger partial charge in [0, 0.05) is 30.2 Å². The first-order valence-corrected chi connectivity index (χ1v) is 9.68. The predicted octanol–water partition coefficient (Wildman–Crippen LogP) is 3.05. The summed E-state index contributed by atoms with van der Waals surface area (Å²) in [4.78, 5) is 19.7. The number of ether oxygens (including phenoxy) is 1. The Morgan fingerprint density at radius 2 is 2.16 bits per heavy atom. The maximum Gasteiger partial charge on any atom is 0.263 e. The number of benzene rings is 1. The van der Waals surface area contributed by atoms with E-state index in [-0.39, 0.29) is 18.1 Å². The van der Waals surface area contributed by atoms with Crippen LogP contribution in [-0.4, -0.2) is 47.6 Å². The fourth-order valence-electron chi connectivity index (χ4n) is 3.63. The average molecular weight is 378 g/mol. The van der Waals surface area contributed by atoms with E-state index in [1.807, 2.05) is 31.2 Å². The molecule has 0 saturated carbocycles. The van der Waals surface area contributed by atoms with Gasteiger partial charge in [0.25, 0.3) is 5.91 Å². The van der Waals surface area contributed by atoms with Crippen LogP contribution in [0.5, 0.6) is 0 Å². The fraction of sp³-hybridized carbons (Fsp3) is 0.444. The van der Waals surface area contributed by atoms with E-state index in [9.17, 15) is 4.79 Å². The van der Waals surface area contributed by atoms with Crippen molar-refractivity contribution in [3.05, 3.63) is 50.9 Å². The molecule has 0 unspecified atom stereocenters. The largest absolute Gasteiger partial charge is 0.371 e. The van der Waals surface area contributed by atoms with Gasteiger partial charge in [-0.2, -0.15) is 0 Å². The molecule has 0 radical (unpaired) electrons. The summed E-state index contributed by atoms with van der Waals surface area (Å²) in [6.07, 6.45) is 0.989. The smallest absolute Gasteiger partial charge is 0.263 e. The van der Waals surface area contributed by atoms with Crippen molar-refractivity contribution in [1.29, 1.82) is 0 Å². The zero-order valence-electron chi connectivity index (χ0n) is 13.9. The van der Waals surface area contributed by atoms with Crippen LogP contribution in [0.4, 0.5) is 0 Å². The van der Waals surface area contributed by atoms with E-state index in [4.69, 9.17) is 16.3 Å². The van der Waals surface area contributed by atoms with Crippen LogP contribution >= 0.6 is 22.9 Å². The Labute approximate surface area is 156 Å². The van der Waals surface area contributed by atoms with Crippen LogP contribution in [0.15, 0.2) is 29.8 Å². The van der Waals surface area contributed by atoms with E-state index < -0.39 is 0 Å². The van der Waals surface area contributed by atoms with Crippen molar-refractivity contribution in [1.82, 2.24) is 15.2 Å². The van der Waals surface area contributed by atoms with E-state index in [1.54, 1.807) is 5.51 Å². The zero-order chi connectivity index (χ0) is 17.4. The number of hydrogen-bond acceptors (Lipinski definition) is 5. The number of thiazole rings is 1. The van der Waals surface area contributed by atoms with Gasteiger partial charge >= 0.3 is 0 Å². The van der Waals surface area contributed by atoms with Gasteiger partial charge in [-0.25, -0.2) is 4.98 Å². The normalized spacial score (nSPS) is 26.4. The highest BCUT2D eigenvalue weighted by molar-refractivity contribution is 7.11. The van der Waals surface area contributed by atoms with Crippen molar-refractivity contribution >= 4 is 28.8 Å². The third kappa shape index (κ3) is 3.58. The molecule has 7 heteroatoms. The van der Waals surface area contributed by atoms with E-state index >= 15 is 0 Å². The summed E-state index contributed by atoms with van der Waals surface area (Å²) in [6.45, 7) is 4.27. The topological polar surface area (TPSA) is 54.5 Å². The molecule has 2 aliphatic heterocycles. The highest BCUT2D eigenvalue weighted by Crippen LogP contribution is 2.31. The van der Waals surface area contributed by atoms with Crippen LogP contribution < -0.4 is 5.32 Å². The van der Waals surface area contributed by atoms with Crippen LogP contribution in [0, 0.1) is 6.92 Å². The van der Waals surface area contributed by atoms with Gasteiger partial charge in [0.1, 0.15) is 4.88 Å². The van der Waals surface area contributed by atoms with Crippen LogP contribution in [0.2, 0.25) is 5.02 Å². The number of halogens is 1. The SMILES string of the molecule is Cc1ncsc1C(=O)N[C@H]1C[C@H]2CO[C@@H](c3ccc(Cl)cc3)CN2C1. The molecule has 5 nitrogen and oxygen atoms in total. The van der Waals surface area contributed by atoms with Crippen molar-refractivity contribution in [2.24, 2.45) is 0 Å². The van der Waals surface area contributed by atoms with Crippen LogP contribution in [0.25, 0.3) is 0 Å². The number of aryl methyl sites for hydroxylation is 1. The minimum atomic E-state index is -0.0139. The highest BCUT2D eigenvalue weighted by Gasteiger charge is 2.38. The molecule has 0 spiro atoms. The molecule has 25 heavy (non-hydrogen) atoms. The predicted molar refractivity (Wildman–Crippen MR) is 98.2 cm³/mol. The lowest BCUT2D eigenvalue weighted by Gasteiger charge is -2.35.